The standard InChI is InChI=1S/C19H20FNO3/c1-13-12-15(20)4-7-18(13)24-19(23)14-2-5-16(6-3-14)21-10-8-17(22)9-11-21/h2-7,12,17,22H,8-11H2,1H3. The van der Waals surface area contributed by atoms with Crippen molar-refractivity contribution < 1.29 is 19.0 Å². The highest BCUT2D eigenvalue weighted by Crippen LogP contribution is 2.23. The molecule has 2 aromatic carbocycles. The molecular weight excluding hydrogens is 309 g/mol. The van der Waals surface area contributed by atoms with Crippen molar-refractivity contribution in [3.8, 4) is 5.75 Å². The lowest BCUT2D eigenvalue weighted by Gasteiger charge is -2.31. The van der Waals surface area contributed by atoms with Crippen molar-refractivity contribution in [3.05, 3.63) is 59.4 Å². The van der Waals surface area contributed by atoms with Gasteiger partial charge in [-0.15, -0.1) is 0 Å². The van der Waals surface area contributed by atoms with Gasteiger partial charge in [-0.2, -0.15) is 0 Å². The van der Waals surface area contributed by atoms with Gasteiger partial charge in [-0.3, -0.25) is 0 Å². The van der Waals surface area contributed by atoms with E-state index in [1.807, 2.05) is 12.1 Å². The van der Waals surface area contributed by atoms with E-state index in [4.69, 9.17) is 4.74 Å². The summed E-state index contributed by atoms with van der Waals surface area (Å²) in [4.78, 5) is 14.4. The van der Waals surface area contributed by atoms with Crippen LogP contribution in [-0.4, -0.2) is 30.3 Å². The van der Waals surface area contributed by atoms with Gasteiger partial charge in [0.25, 0.3) is 0 Å². The number of aliphatic hydroxyl groups excluding tert-OH is 1. The number of ether oxygens (including phenoxy) is 1. The molecule has 24 heavy (non-hydrogen) atoms. The van der Waals surface area contributed by atoms with Gasteiger partial charge in [0, 0.05) is 18.8 Å². The summed E-state index contributed by atoms with van der Waals surface area (Å²) in [6.45, 7) is 3.30. The lowest BCUT2D eigenvalue weighted by molar-refractivity contribution is 0.0733. The van der Waals surface area contributed by atoms with E-state index < -0.39 is 5.97 Å². The van der Waals surface area contributed by atoms with Crippen LogP contribution in [0.3, 0.4) is 0 Å². The third-order valence-electron chi connectivity index (χ3n) is 4.27. The fraction of sp³-hybridized carbons (Fsp3) is 0.316. The van der Waals surface area contributed by atoms with Crippen molar-refractivity contribution in [1.29, 1.82) is 0 Å². The number of hydrogen-bond donors (Lipinski definition) is 1. The van der Waals surface area contributed by atoms with E-state index in [0.29, 0.717) is 16.9 Å². The number of benzene rings is 2. The number of carbonyl (C=O) groups excluding carboxylic acids is 1. The third kappa shape index (κ3) is 3.74. The molecule has 4 nitrogen and oxygen atoms in total. The van der Waals surface area contributed by atoms with Gasteiger partial charge in [0.05, 0.1) is 11.7 Å². The number of aliphatic hydroxyl groups is 1. The summed E-state index contributed by atoms with van der Waals surface area (Å²) in [6, 6.07) is 11.3. The number of halogens is 1. The summed E-state index contributed by atoms with van der Waals surface area (Å²) >= 11 is 0. The van der Waals surface area contributed by atoms with Gasteiger partial charge in [-0.05, 0) is 67.8 Å². The maximum atomic E-state index is 13.1. The number of esters is 1. The van der Waals surface area contributed by atoms with Crippen molar-refractivity contribution in [2.24, 2.45) is 0 Å². The van der Waals surface area contributed by atoms with Crippen molar-refractivity contribution in [3.63, 3.8) is 0 Å². The molecule has 2 aromatic rings. The zero-order valence-corrected chi connectivity index (χ0v) is 13.5. The predicted octanol–water partition coefficient (Wildman–Crippen LogP) is 3.31. The number of piperidine rings is 1. The molecule has 0 radical (unpaired) electrons. The molecule has 1 fully saturated rings. The Morgan fingerprint density at radius 1 is 1.17 bits per heavy atom. The van der Waals surface area contributed by atoms with Gasteiger partial charge in [0.1, 0.15) is 11.6 Å². The van der Waals surface area contributed by atoms with E-state index in [-0.39, 0.29) is 11.9 Å². The van der Waals surface area contributed by atoms with Crippen molar-refractivity contribution in [2.45, 2.75) is 25.9 Å². The van der Waals surface area contributed by atoms with Crippen molar-refractivity contribution >= 4 is 11.7 Å². The SMILES string of the molecule is Cc1cc(F)ccc1OC(=O)c1ccc(N2CCC(O)CC2)cc1. The Labute approximate surface area is 140 Å². The van der Waals surface area contributed by atoms with Crippen LogP contribution in [-0.2, 0) is 0 Å². The highest BCUT2D eigenvalue weighted by molar-refractivity contribution is 5.91. The Morgan fingerprint density at radius 2 is 1.83 bits per heavy atom. The number of nitrogens with zero attached hydrogens (tertiary/aromatic N) is 1. The molecule has 1 N–H and O–H groups in total. The van der Waals surface area contributed by atoms with Crippen LogP contribution >= 0.6 is 0 Å². The fourth-order valence-electron chi connectivity index (χ4n) is 2.82. The van der Waals surface area contributed by atoms with E-state index in [1.54, 1.807) is 19.1 Å². The van der Waals surface area contributed by atoms with Crippen LogP contribution < -0.4 is 9.64 Å². The Hall–Kier alpha value is -2.40. The molecular formula is C19H20FNO3. The summed E-state index contributed by atoms with van der Waals surface area (Å²) in [7, 11) is 0. The molecule has 1 saturated heterocycles. The Bertz CT molecular complexity index is 722. The molecule has 1 aliphatic rings. The minimum absolute atomic E-state index is 0.213. The Morgan fingerprint density at radius 3 is 2.46 bits per heavy atom. The highest BCUT2D eigenvalue weighted by Gasteiger charge is 2.18. The van der Waals surface area contributed by atoms with Crippen LogP contribution in [0, 0.1) is 12.7 Å². The van der Waals surface area contributed by atoms with Gasteiger partial charge in [0.15, 0.2) is 0 Å². The fourth-order valence-corrected chi connectivity index (χ4v) is 2.82. The molecule has 0 atom stereocenters. The first kappa shape index (κ1) is 16.5. The zero-order chi connectivity index (χ0) is 17.1. The molecule has 3 rings (SSSR count). The predicted molar refractivity (Wildman–Crippen MR) is 90.0 cm³/mol. The summed E-state index contributed by atoms with van der Waals surface area (Å²) in [6.07, 6.45) is 1.30. The Balaban J connectivity index is 1.67. The average molecular weight is 329 g/mol. The maximum Gasteiger partial charge on any atom is 0.343 e. The van der Waals surface area contributed by atoms with E-state index in [2.05, 4.69) is 4.90 Å². The van der Waals surface area contributed by atoms with E-state index in [1.165, 1.54) is 18.2 Å². The molecule has 5 heteroatoms. The van der Waals surface area contributed by atoms with Crippen LogP contribution in [0.1, 0.15) is 28.8 Å². The molecule has 126 valence electrons. The van der Waals surface area contributed by atoms with Crippen LogP contribution in [0.5, 0.6) is 5.75 Å². The number of aryl methyl sites for hydroxylation is 1. The number of carbonyl (C=O) groups is 1. The smallest absolute Gasteiger partial charge is 0.343 e. The number of rotatable bonds is 3. The lowest BCUT2D eigenvalue weighted by atomic mass is 10.1. The van der Waals surface area contributed by atoms with Gasteiger partial charge in [-0.1, -0.05) is 0 Å². The van der Waals surface area contributed by atoms with Crippen LogP contribution in [0.15, 0.2) is 42.5 Å². The molecule has 0 aliphatic carbocycles. The largest absolute Gasteiger partial charge is 0.423 e. The molecule has 0 aromatic heterocycles. The van der Waals surface area contributed by atoms with E-state index >= 15 is 0 Å². The maximum absolute atomic E-state index is 13.1. The molecule has 0 saturated carbocycles. The van der Waals surface area contributed by atoms with Crippen LogP contribution in [0.25, 0.3) is 0 Å². The molecule has 0 unspecified atom stereocenters. The summed E-state index contributed by atoms with van der Waals surface area (Å²) in [5.41, 5.74) is 2.04. The minimum atomic E-state index is -0.467. The van der Waals surface area contributed by atoms with E-state index in [9.17, 15) is 14.3 Å². The number of hydrogen-bond acceptors (Lipinski definition) is 4. The molecule has 0 spiro atoms. The Kier molecular flexibility index (Phi) is 4.81. The second kappa shape index (κ2) is 7.01. The topological polar surface area (TPSA) is 49.8 Å². The summed E-state index contributed by atoms with van der Waals surface area (Å²) in [5.74, 6) is -0.468. The average Bonchev–Trinajstić information content (AvgIpc) is 2.58. The van der Waals surface area contributed by atoms with Crippen LogP contribution in [0.4, 0.5) is 10.1 Å². The third-order valence-corrected chi connectivity index (χ3v) is 4.27. The highest BCUT2D eigenvalue weighted by atomic mass is 19.1. The van der Waals surface area contributed by atoms with Crippen LogP contribution in [0.2, 0.25) is 0 Å². The monoisotopic (exact) mass is 329 g/mol. The summed E-state index contributed by atoms with van der Waals surface area (Å²) < 4.78 is 18.4. The minimum Gasteiger partial charge on any atom is -0.423 e. The normalized spacial score (nSPS) is 15.4. The van der Waals surface area contributed by atoms with Gasteiger partial charge < -0.3 is 14.7 Å². The lowest BCUT2D eigenvalue weighted by Crippen LogP contribution is -2.35. The first-order valence-corrected chi connectivity index (χ1v) is 8.04. The van der Waals surface area contributed by atoms with Gasteiger partial charge in [0.2, 0.25) is 0 Å². The first-order valence-electron chi connectivity index (χ1n) is 8.04. The molecule has 0 amide bonds. The second-order valence-electron chi connectivity index (χ2n) is 6.06. The van der Waals surface area contributed by atoms with Crippen molar-refractivity contribution in [1.82, 2.24) is 0 Å². The molecule has 1 aliphatic heterocycles. The zero-order valence-electron chi connectivity index (χ0n) is 13.5. The number of anilines is 1. The quantitative estimate of drug-likeness (QED) is 0.693. The first-order chi connectivity index (χ1) is 11.5. The van der Waals surface area contributed by atoms with E-state index in [0.717, 1.165) is 31.6 Å². The summed E-state index contributed by atoms with van der Waals surface area (Å²) in [5, 5.41) is 9.56. The molecule has 1 heterocycles. The van der Waals surface area contributed by atoms with Gasteiger partial charge >= 0.3 is 5.97 Å². The molecule has 0 bridgehead atoms. The van der Waals surface area contributed by atoms with Crippen molar-refractivity contribution in [2.75, 3.05) is 18.0 Å². The van der Waals surface area contributed by atoms with Gasteiger partial charge in [-0.25, -0.2) is 9.18 Å². The second-order valence-corrected chi connectivity index (χ2v) is 6.06.